The fraction of sp³-hybridized carbons (Fsp3) is 0.615. The van der Waals surface area contributed by atoms with E-state index >= 15 is 0 Å². The second-order valence-corrected chi connectivity index (χ2v) is 12.5. The zero-order chi connectivity index (χ0) is 29.5. The van der Waals surface area contributed by atoms with Gasteiger partial charge in [-0.3, -0.25) is 9.36 Å². The van der Waals surface area contributed by atoms with Gasteiger partial charge in [-0.25, -0.2) is 4.79 Å². The van der Waals surface area contributed by atoms with E-state index in [0.717, 1.165) is 43.4 Å². The predicted octanol–water partition coefficient (Wildman–Crippen LogP) is 4.98. The molecule has 1 aliphatic carbocycles. The summed E-state index contributed by atoms with van der Waals surface area (Å²) in [6, 6.07) is 2.22. The van der Waals surface area contributed by atoms with E-state index in [1.807, 2.05) is 0 Å². The van der Waals surface area contributed by atoms with E-state index in [1.54, 1.807) is 20.8 Å². The van der Waals surface area contributed by atoms with Crippen LogP contribution in [-0.4, -0.2) is 62.0 Å². The molecule has 1 aromatic heterocycles. The molecule has 3 atom stereocenters. The first kappa shape index (κ1) is 30.0. The fourth-order valence-corrected chi connectivity index (χ4v) is 5.58. The quantitative estimate of drug-likeness (QED) is 0.369. The van der Waals surface area contributed by atoms with Crippen LogP contribution in [0, 0.1) is 0 Å². The van der Waals surface area contributed by atoms with Crippen molar-refractivity contribution in [2.45, 2.75) is 88.5 Å². The van der Waals surface area contributed by atoms with Crippen LogP contribution in [0.5, 0.6) is 11.5 Å². The summed E-state index contributed by atoms with van der Waals surface area (Å²) in [7, 11) is -4.85. The average Bonchev–Trinajstić information content (AvgIpc) is 3.50. The molecule has 14 heteroatoms. The Morgan fingerprint density at radius 1 is 1.07 bits per heavy atom. The Hall–Kier alpha value is -3.00. The van der Waals surface area contributed by atoms with Crippen molar-refractivity contribution >= 4 is 33.0 Å². The Morgan fingerprint density at radius 2 is 1.80 bits per heavy atom. The van der Waals surface area contributed by atoms with Crippen LogP contribution in [0.1, 0.15) is 70.8 Å². The molecule has 0 unspecified atom stereocenters. The summed E-state index contributed by atoms with van der Waals surface area (Å²) >= 11 is 0. The third kappa shape index (κ3) is 6.48. The monoisotopic (exact) mass is 590 g/mol. The van der Waals surface area contributed by atoms with Gasteiger partial charge < -0.3 is 23.7 Å². The largest absolute Gasteiger partial charge is 0.534 e. The van der Waals surface area contributed by atoms with Gasteiger partial charge in [0, 0.05) is 30.3 Å². The van der Waals surface area contributed by atoms with Crippen LogP contribution in [0.4, 0.5) is 18.0 Å². The smallest absolute Gasteiger partial charge is 0.493 e. The molecule has 1 saturated heterocycles. The summed E-state index contributed by atoms with van der Waals surface area (Å²) in [5.41, 5.74) is -5.79. The van der Waals surface area contributed by atoms with E-state index in [-0.39, 0.29) is 29.1 Å². The summed E-state index contributed by atoms with van der Waals surface area (Å²) in [5, 5.41) is 3.51. The Bertz CT molecular complexity index is 1370. The third-order valence-electron chi connectivity index (χ3n) is 6.88. The van der Waals surface area contributed by atoms with Gasteiger partial charge in [-0.1, -0.05) is 6.42 Å². The van der Waals surface area contributed by atoms with Crippen molar-refractivity contribution in [1.29, 1.82) is 0 Å². The molecule has 1 aromatic carbocycles. The van der Waals surface area contributed by atoms with Crippen molar-refractivity contribution in [3.8, 4) is 11.5 Å². The van der Waals surface area contributed by atoms with Crippen molar-refractivity contribution in [2.75, 3.05) is 13.7 Å². The topological polar surface area (TPSA) is 122 Å². The standard InChI is InChI=1S/C26H33F3N2O8S/c1-25(2,3)38-24(33)31-14-18(15-7-5-8-16(11-15)30-23(32)20-9-6-10-37-20)17-12-21(36-4)22(13-19(17)31)39-40(34,35)26(27,28)29/h12-16,20H,5-11H2,1-4H3,(H,30,32)/t15-,16+,20+/m1/s1. The summed E-state index contributed by atoms with van der Waals surface area (Å²) in [6.45, 7) is 5.53. The van der Waals surface area contributed by atoms with Crippen molar-refractivity contribution < 1.29 is 49.6 Å². The van der Waals surface area contributed by atoms with Gasteiger partial charge in [0.2, 0.25) is 5.91 Å². The number of methoxy groups -OCH3 is 1. The van der Waals surface area contributed by atoms with Gasteiger partial charge in [-0.05, 0) is 70.4 Å². The molecule has 0 radical (unpaired) electrons. The Labute approximate surface area is 230 Å². The van der Waals surface area contributed by atoms with Crippen LogP contribution in [0.2, 0.25) is 0 Å². The maximum Gasteiger partial charge on any atom is 0.534 e. The summed E-state index contributed by atoms with van der Waals surface area (Å²) in [5.74, 6) is -1.28. The Kier molecular flexibility index (Phi) is 8.32. The number of nitrogens with zero attached hydrogens (tertiary/aromatic N) is 1. The molecule has 1 saturated carbocycles. The van der Waals surface area contributed by atoms with Crippen molar-refractivity contribution in [1.82, 2.24) is 9.88 Å². The molecule has 4 rings (SSSR count). The highest BCUT2D eigenvalue weighted by Crippen LogP contribution is 2.43. The molecule has 0 spiro atoms. The second-order valence-electron chi connectivity index (χ2n) is 11.0. The number of nitrogens with one attached hydrogen (secondary N) is 1. The minimum atomic E-state index is -6.01. The van der Waals surface area contributed by atoms with E-state index in [4.69, 9.17) is 14.2 Å². The van der Waals surface area contributed by atoms with Gasteiger partial charge in [0.1, 0.15) is 11.7 Å². The molecule has 2 heterocycles. The molecule has 2 aromatic rings. The van der Waals surface area contributed by atoms with E-state index in [0.29, 0.717) is 30.4 Å². The van der Waals surface area contributed by atoms with E-state index in [1.165, 1.54) is 12.3 Å². The molecule has 1 amide bonds. The van der Waals surface area contributed by atoms with Gasteiger partial charge >= 0.3 is 21.7 Å². The highest BCUT2D eigenvalue weighted by molar-refractivity contribution is 7.88. The predicted molar refractivity (Wildman–Crippen MR) is 138 cm³/mol. The number of alkyl halides is 3. The number of fused-ring (bicyclic) bond motifs is 1. The summed E-state index contributed by atoms with van der Waals surface area (Å²) in [6.07, 6.45) is 4.57. The van der Waals surface area contributed by atoms with Crippen LogP contribution in [-0.2, 0) is 24.4 Å². The first-order valence-electron chi connectivity index (χ1n) is 13.0. The lowest BCUT2D eigenvalue weighted by Gasteiger charge is -2.30. The number of carbonyl (C=O) groups excluding carboxylic acids is 2. The summed E-state index contributed by atoms with van der Waals surface area (Å²) in [4.78, 5) is 25.8. The van der Waals surface area contributed by atoms with Crippen molar-refractivity contribution in [3.05, 3.63) is 23.9 Å². The van der Waals surface area contributed by atoms with Gasteiger partial charge in [-0.15, -0.1) is 0 Å². The maximum atomic E-state index is 13.1. The molecule has 1 aliphatic heterocycles. The molecule has 10 nitrogen and oxygen atoms in total. The number of rotatable bonds is 6. The zero-order valence-corrected chi connectivity index (χ0v) is 23.5. The molecule has 222 valence electrons. The zero-order valence-electron chi connectivity index (χ0n) is 22.7. The minimum absolute atomic E-state index is 0.0861. The van der Waals surface area contributed by atoms with E-state index < -0.39 is 39.2 Å². The highest BCUT2D eigenvalue weighted by atomic mass is 32.2. The van der Waals surface area contributed by atoms with Crippen molar-refractivity contribution in [3.63, 3.8) is 0 Å². The number of hydrogen-bond donors (Lipinski definition) is 1. The number of ether oxygens (including phenoxy) is 3. The van der Waals surface area contributed by atoms with Gasteiger partial charge in [0.05, 0.1) is 12.6 Å². The molecular weight excluding hydrogens is 557 g/mol. The molecular formula is C26H33F3N2O8S. The Morgan fingerprint density at radius 3 is 2.40 bits per heavy atom. The summed E-state index contributed by atoms with van der Waals surface area (Å²) < 4.78 is 84.4. The third-order valence-corrected chi connectivity index (χ3v) is 7.84. The lowest BCUT2D eigenvalue weighted by atomic mass is 9.81. The van der Waals surface area contributed by atoms with Gasteiger partial charge in [0.25, 0.3) is 0 Å². The number of hydrogen-bond acceptors (Lipinski definition) is 8. The van der Waals surface area contributed by atoms with Gasteiger partial charge in [-0.2, -0.15) is 21.6 Å². The number of benzene rings is 1. The number of aromatic nitrogens is 1. The first-order valence-corrected chi connectivity index (χ1v) is 14.4. The van der Waals surface area contributed by atoms with Crippen LogP contribution < -0.4 is 14.2 Å². The highest BCUT2D eigenvalue weighted by Gasteiger charge is 2.49. The Balaban J connectivity index is 1.74. The molecule has 40 heavy (non-hydrogen) atoms. The molecule has 1 N–H and O–H groups in total. The second kappa shape index (κ2) is 11.1. The number of amides is 1. The van der Waals surface area contributed by atoms with Crippen LogP contribution >= 0.6 is 0 Å². The van der Waals surface area contributed by atoms with E-state index in [2.05, 4.69) is 9.50 Å². The number of halogens is 3. The molecule has 0 bridgehead atoms. The lowest BCUT2D eigenvalue weighted by Crippen LogP contribution is -2.43. The molecule has 2 fully saturated rings. The maximum absolute atomic E-state index is 13.1. The normalized spacial score (nSPS) is 22.2. The fourth-order valence-electron chi connectivity index (χ4n) is 5.12. The first-order chi connectivity index (χ1) is 18.6. The lowest BCUT2D eigenvalue weighted by molar-refractivity contribution is -0.131. The number of carbonyl (C=O) groups is 2. The molecule has 2 aliphatic rings. The SMILES string of the molecule is COc1cc2c([C@@H]3CCC[C@H](NC(=O)[C@@H]4CCCO4)C3)cn(C(=O)OC(C)(C)C)c2cc1OS(=O)(=O)C(F)(F)F. The van der Waals surface area contributed by atoms with Crippen LogP contribution in [0.15, 0.2) is 18.3 Å². The average molecular weight is 591 g/mol. The minimum Gasteiger partial charge on any atom is -0.493 e. The van der Waals surface area contributed by atoms with E-state index in [9.17, 15) is 31.2 Å². The van der Waals surface area contributed by atoms with Crippen molar-refractivity contribution in [2.24, 2.45) is 0 Å². The van der Waals surface area contributed by atoms with Gasteiger partial charge in [0.15, 0.2) is 11.5 Å². The van der Waals surface area contributed by atoms with Crippen LogP contribution in [0.3, 0.4) is 0 Å². The van der Waals surface area contributed by atoms with Crippen LogP contribution in [0.25, 0.3) is 10.9 Å².